The number of aliphatic hydroxyl groups is 1. The van der Waals surface area contributed by atoms with Crippen molar-refractivity contribution in [3.63, 3.8) is 0 Å². The minimum Gasteiger partial charge on any atom is -0.393 e. The monoisotopic (exact) mass is 148 g/mol. The fraction of sp³-hybridized carbons (Fsp3) is 0.833. The second kappa shape index (κ2) is 4.82. The molecule has 0 rings (SSSR count). The summed E-state index contributed by atoms with van der Waals surface area (Å²) in [6, 6.07) is 0. The van der Waals surface area contributed by atoms with Gasteiger partial charge in [-0.2, -0.15) is 0 Å². The van der Waals surface area contributed by atoms with Crippen molar-refractivity contribution in [1.29, 1.82) is 0 Å². The predicted octanol–water partition coefficient (Wildman–Crippen LogP) is 0.994. The summed E-state index contributed by atoms with van der Waals surface area (Å²) in [4.78, 5) is 10.2. The van der Waals surface area contributed by atoms with E-state index in [4.69, 9.17) is 5.11 Å². The van der Waals surface area contributed by atoms with Gasteiger partial charge < -0.3 is 5.11 Å². The molecule has 9 heavy (non-hydrogen) atoms. The Balaban J connectivity index is 3.26. The van der Waals surface area contributed by atoms with E-state index in [1.54, 1.807) is 0 Å². The molecule has 0 aromatic carbocycles. The number of rotatable bonds is 4. The third-order valence-corrected chi connectivity index (χ3v) is 1.21. The number of carbonyl (C=O) groups excluding carboxylic acids is 1. The van der Waals surface area contributed by atoms with Crippen LogP contribution in [0.4, 0.5) is 0 Å². The molecule has 0 saturated carbocycles. The van der Waals surface area contributed by atoms with Gasteiger partial charge >= 0.3 is 0 Å². The minimum absolute atomic E-state index is 0.178. The first kappa shape index (κ1) is 8.98. The Kier molecular flexibility index (Phi) is 4.81. The van der Waals surface area contributed by atoms with Gasteiger partial charge in [0.15, 0.2) is 5.12 Å². The lowest BCUT2D eigenvalue weighted by atomic mass is 10.2. The summed E-state index contributed by atoms with van der Waals surface area (Å²) < 4.78 is 0. The van der Waals surface area contributed by atoms with E-state index in [1.165, 1.54) is 0 Å². The fourth-order valence-electron chi connectivity index (χ4n) is 0.637. The van der Waals surface area contributed by atoms with E-state index in [9.17, 15) is 4.79 Å². The summed E-state index contributed by atoms with van der Waals surface area (Å²) in [6.07, 6.45) is 1.28. The molecule has 0 aliphatic heterocycles. The largest absolute Gasteiger partial charge is 0.393 e. The normalized spacial score (nSPS) is 13.2. The molecule has 54 valence electrons. The fourth-order valence-corrected chi connectivity index (χ4v) is 0.848. The Morgan fingerprint density at radius 3 is 2.67 bits per heavy atom. The molecule has 0 spiro atoms. The smallest absolute Gasteiger partial charge is 0.188 e. The SMILES string of the molecule is CCC[C@@H](O)CC(=O)S. The van der Waals surface area contributed by atoms with Gasteiger partial charge in [0.05, 0.1) is 6.10 Å². The van der Waals surface area contributed by atoms with Gasteiger partial charge in [0, 0.05) is 6.42 Å². The third-order valence-electron chi connectivity index (χ3n) is 1.03. The van der Waals surface area contributed by atoms with Crippen molar-refractivity contribution in [1.82, 2.24) is 0 Å². The zero-order valence-electron chi connectivity index (χ0n) is 5.50. The summed E-state index contributed by atoms with van der Waals surface area (Å²) in [7, 11) is 0. The summed E-state index contributed by atoms with van der Waals surface area (Å²) >= 11 is 3.53. The summed E-state index contributed by atoms with van der Waals surface area (Å²) in [5.74, 6) is 0. The predicted molar refractivity (Wildman–Crippen MR) is 39.5 cm³/mol. The maximum Gasteiger partial charge on any atom is 0.188 e. The number of thiol groups is 1. The highest BCUT2D eigenvalue weighted by Crippen LogP contribution is 2.02. The van der Waals surface area contributed by atoms with Crippen LogP contribution in [0.25, 0.3) is 0 Å². The van der Waals surface area contributed by atoms with Crippen LogP contribution in [0.1, 0.15) is 26.2 Å². The van der Waals surface area contributed by atoms with Crippen LogP contribution in [-0.4, -0.2) is 16.3 Å². The molecule has 0 bridgehead atoms. The second-order valence-corrected chi connectivity index (χ2v) is 2.54. The minimum atomic E-state index is -0.486. The molecule has 3 heteroatoms. The topological polar surface area (TPSA) is 37.3 Å². The van der Waals surface area contributed by atoms with Crippen LogP contribution in [0.3, 0.4) is 0 Å². The molecular weight excluding hydrogens is 136 g/mol. The molecule has 0 aliphatic carbocycles. The van der Waals surface area contributed by atoms with Gasteiger partial charge in [0.2, 0.25) is 0 Å². The van der Waals surface area contributed by atoms with E-state index >= 15 is 0 Å². The summed E-state index contributed by atoms with van der Waals surface area (Å²) in [5, 5.41) is 8.71. The molecule has 1 atom stereocenters. The van der Waals surface area contributed by atoms with Crippen LogP contribution in [0.5, 0.6) is 0 Å². The lowest BCUT2D eigenvalue weighted by Crippen LogP contribution is -2.08. The standard InChI is InChI=1S/C6H12O2S/c1-2-3-5(7)4-6(8)9/h5,7H,2-4H2,1H3,(H,8,9)/t5-/m1/s1. The van der Waals surface area contributed by atoms with Crippen LogP contribution < -0.4 is 0 Å². The molecule has 0 aliphatic rings. The Morgan fingerprint density at radius 2 is 2.33 bits per heavy atom. The molecule has 1 N–H and O–H groups in total. The van der Waals surface area contributed by atoms with Crippen molar-refractivity contribution >= 4 is 17.7 Å². The van der Waals surface area contributed by atoms with Crippen molar-refractivity contribution in [2.24, 2.45) is 0 Å². The first-order chi connectivity index (χ1) is 4.16. The van der Waals surface area contributed by atoms with E-state index in [0.717, 1.165) is 6.42 Å². The average Bonchev–Trinajstić information content (AvgIpc) is 1.63. The molecule has 2 nitrogen and oxygen atoms in total. The van der Waals surface area contributed by atoms with Gasteiger partial charge in [-0.1, -0.05) is 13.3 Å². The quantitative estimate of drug-likeness (QED) is 0.583. The Labute approximate surface area is 60.7 Å². The molecule has 0 saturated heterocycles. The van der Waals surface area contributed by atoms with Crippen molar-refractivity contribution in [3.05, 3.63) is 0 Å². The van der Waals surface area contributed by atoms with Gasteiger partial charge in [-0.15, -0.1) is 12.6 Å². The number of carbonyl (C=O) groups is 1. The highest BCUT2D eigenvalue weighted by molar-refractivity contribution is 7.96. The van der Waals surface area contributed by atoms with E-state index in [-0.39, 0.29) is 11.5 Å². The van der Waals surface area contributed by atoms with Crippen LogP contribution >= 0.6 is 12.6 Å². The van der Waals surface area contributed by atoms with E-state index < -0.39 is 6.10 Å². The molecular formula is C6H12O2S. The van der Waals surface area contributed by atoms with Crippen LogP contribution in [0.2, 0.25) is 0 Å². The van der Waals surface area contributed by atoms with E-state index in [0.29, 0.717) is 6.42 Å². The van der Waals surface area contributed by atoms with Crippen molar-refractivity contribution in [2.45, 2.75) is 32.3 Å². The van der Waals surface area contributed by atoms with Crippen molar-refractivity contribution in [3.8, 4) is 0 Å². The maximum absolute atomic E-state index is 10.2. The average molecular weight is 148 g/mol. The van der Waals surface area contributed by atoms with E-state index in [1.807, 2.05) is 6.92 Å². The lowest BCUT2D eigenvalue weighted by molar-refractivity contribution is -0.112. The number of hydrogen-bond donors (Lipinski definition) is 2. The molecule has 0 unspecified atom stereocenters. The van der Waals surface area contributed by atoms with Gasteiger partial charge in [-0.25, -0.2) is 0 Å². The molecule has 0 radical (unpaired) electrons. The lowest BCUT2D eigenvalue weighted by Gasteiger charge is -2.03. The zero-order valence-corrected chi connectivity index (χ0v) is 6.40. The first-order valence-corrected chi connectivity index (χ1v) is 3.51. The van der Waals surface area contributed by atoms with Crippen molar-refractivity contribution < 1.29 is 9.90 Å². The van der Waals surface area contributed by atoms with Gasteiger partial charge in [0.25, 0.3) is 0 Å². The van der Waals surface area contributed by atoms with Crippen LogP contribution in [-0.2, 0) is 4.79 Å². The van der Waals surface area contributed by atoms with Crippen LogP contribution in [0.15, 0.2) is 0 Å². The molecule has 0 amide bonds. The maximum atomic E-state index is 10.2. The highest BCUT2D eigenvalue weighted by atomic mass is 32.1. The van der Waals surface area contributed by atoms with Crippen molar-refractivity contribution in [2.75, 3.05) is 0 Å². The number of aliphatic hydroxyl groups excluding tert-OH is 1. The summed E-state index contributed by atoms with van der Waals surface area (Å²) in [6.45, 7) is 1.96. The van der Waals surface area contributed by atoms with E-state index in [2.05, 4.69) is 12.6 Å². The van der Waals surface area contributed by atoms with Crippen LogP contribution in [0, 0.1) is 0 Å². The second-order valence-electron chi connectivity index (χ2n) is 2.04. The molecule has 0 heterocycles. The first-order valence-electron chi connectivity index (χ1n) is 3.06. The van der Waals surface area contributed by atoms with Gasteiger partial charge in [-0.05, 0) is 6.42 Å². The molecule has 0 fully saturated rings. The zero-order chi connectivity index (χ0) is 7.28. The van der Waals surface area contributed by atoms with Gasteiger partial charge in [-0.3, -0.25) is 4.79 Å². The molecule has 0 aromatic rings. The molecule has 0 aromatic heterocycles. The Bertz CT molecular complexity index is 93.1. The highest BCUT2D eigenvalue weighted by Gasteiger charge is 2.04. The summed E-state index contributed by atoms with van der Waals surface area (Å²) in [5.41, 5.74) is 0. The Hall–Kier alpha value is -0.0200. The third kappa shape index (κ3) is 5.86. The Morgan fingerprint density at radius 1 is 1.78 bits per heavy atom. The number of hydrogen-bond acceptors (Lipinski definition) is 2. The van der Waals surface area contributed by atoms with Gasteiger partial charge in [0.1, 0.15) is 0 Å².